The molecule has 0 bridgehead atoms. The van der Waals surface area contributed by atoms with Gasteiger partial charge in [0, 0.05) is 32.0 Å². The lowest BCUT2D eigenvalue weighted by Crippen LogP contribution is -2.50. The minimum Gasteiger partial charge on any atom is -0.380 e. The Balaban J connectivity index is 1.66. The van der Waals surface area contributed by atoms with Gasteiger partial charge in [-0.15, -0.1) is 10.2 Å². The molecule has 0 unspecified atom stereocenters. The second kappa shape index (κ2) is 7.21. The van der Waals surface area contributed by atoms with E-state index in [0.29, 0.717) is 31.8 Å². The summed E-state index contributed by atoms with van der Waals surface area (Å²) < 4.78 is 2.32. The van der Waals surface area contributed by atoms with E-state index in [2.05, 4.69) is 14.8 Å². The third-order valence-corrected chi connectivity index (χ3v) is 5.85. The number of aromatic nitrogens is 3. The fraction of sp³-hybridized carbons (Fsp3) is 0.833. The van der Waals surface area contributed by atoms with Crippen molar-refractivity contribution in [3.63, 3.8) is 0 Å². The Hall–Kier alpha value is -1.43. The number of fused-ring (bicyclic) bond motifs is 1. The number of hydrogen-bond acceptors (Lipinski definition) is 4. The third-order valence-electron chi connectivity index (χ3n) is 5.85. The Morgan fingerprint density at radius 2 is 1.83 bits per heavy atom. The highest BCUT2D eigenvalue weighted by atomic mass is 16.3. The monoisotopic (exact) mass is 334 g/mol. The maximum atomic E-state index is 12.6. The lowest BCUT2D eigenvalue weighted by molar-refractivity contribution is -0.153. The van der Waals surface area contributed by atoms with E-state index in [9.17, 15) is 9.90 Å². The zero-order chi connectivity index (χ0) is 17.2. The van der Waals surface area contributed by atoms with E-state index in [-0.39, 0.29) is 5.91 Å². The standard InChI is InChI=1S/C18H30N4O2/c1-3-18(24,4-2)17(23)21-12-9-14(10-13-21)16-20-19-15-8-6-5-7-11-22(15)16/h14,24H,3-13H2,1-2H3. The van der Waals surface area contributed by atoms with Gasteiger partial charge in [0.05, 0.1) is 0 Å². The SMILES string of the molecule is CCC(O)(CC)C(=O)N1CCC(c2nnc3n2CCCCC3)CC1. The fourth-order valence-corrected chi connectivity index (χ4v) is 4.00. The average molecular weight is 334 g/mol. The highest BCUT2D eigenvalue weighted by Crippen LogP contribution is 2.30. The number of aryl methyl sites for hydroxylation is 1. The second-order valence-corrected chi connectivity index (χ2v) is 7.24. The van der Waals surface area contributed by atoms with Gasteiger partial charge in [-0.25, -0.2) is 0 Å². The summed E-state index contributed by atoms with van der Waals surface area (Å²) in [6.45, 7) is 6.18. The van der Waals surface area contributed by atoms with Crippen LogP contribution in [0.4, 0.5) is 0 Å². The van der Waals surface area contributed by atoms with Gasteiger partial charge in [0.1, 0.15) is 17.2 Å². The van der Waals surface area contributed by atoms with Gasteiger partial charge in [0.15, 0.2) is 0 Å². The molecule has 1 amide bonds. The van der Waals surface area contributed by atoms with Crippen molar-refractivity contribution < 1.29 is 9.90 Å². The summed E-state index contributed by atoms with van der Waals surface area (Å²) in [5.74, 6) is 2.52. The first kappa shape index (κ1) is 17.4. The summed E-state index contributed by atoms with van der Waals surface area (Å²) >= 11 is 0. The van der Waals surface area contributed by atoms with Gasteiger partial charge in [-0.2, -0.15) is 0 Å². The number of carbonyl (C=O) groups is 1. The number of amides is 1. The first-order valence-electron chi connectivity index (χ1n) is 9.52. The summed E-state index contributed by atoms with van der Waals surface area (Å²) in [6, 6.07) is 0. The molecule has 1 N–H and O–H groups in total. The van der Waals surface area contributed by atoms with Gasteiger partial charge in [0.2, 0.25) is 0 Å². The van der Waals surface area contributed by atoms with Crippen molar-refractivity contribution in [2.45, 2.75) is 83.3 Å². The summed E-state index contributed by atoms with van der Waals surface area (Å²) in [4.78, 5) is 14.4. The number of nitrogens with zero attached hydrogens (tertiary/aromatic N) is 4. The summed E-state index contributed by atoms with van der Waals surface area (Å²) in [7, 11) is 0. The van der Waals surface area contributed by atoms with Crippen LogP contribution in [0.15, 0.2) is 0 Å². The number of likely N-dealkylation sites (tertiary alicyclic amines) is 1. The van der Waals surface area contributed by atoms with Crippen molar-refractivity contribution in [2.75, 3.05) is 13.1 Å². The zero-order valence-corrected chi connectivity index (χ0v) is 15.0. The highest BCUT2D eigenvalue weighted by molar-refractivity contribution is 5.85. The molecule has 134 valence electrons. The Labute approximate surface area is 144 Å². The van der Waals surface area contributed by atoms with Crippen molar-refractivity contribution in [3.8, 4) is 0 Å². The van der Waals surface area contributed by atoms with Crippen LogP contribution in [0, 0.1) is 0 Å². The van der Waals surface area contributed by atoms with Crippen LogP contribution in [-0.4, -0.2) is 49.4 Å². The number of hydrogen-bond donors (Lipinski definition) is 1. The maximum Gasteiger partial charge on any atom is 0.254 e. The second-order valence-electron chi connectivity index (χ2n) is 7.24. The Morgan fingerprint density at radius 1 is 1.12 bits per heavy atom. The first-order chi connectivity index (χ1) is 11.6. The molecule has 2 aliphatic heterocycles. The van der Waals surface area contributed by atoms with Crippen molar-refractivity contribution in [2.24, 2.45) is 0 Å². The molecule has 0 atom stereocenters. The lowest BCUT2D eigenvalue weighted by Gasteiger charge is -2.36. The molecular formula is C18H30N4O2. The fourth-order valence-electron chi connectivity index (χ4n) is 4.00. The minimum absolute atomic E-state index is 0.106. The molecule has 6 heteroatoms. The summed E-state index contributed by atoms with van der Waals surface area (Å²) in [5.41, 5.74) is -1.20. The first-order valence-corrected chi connectivity index (χ1v) is 9.52. The Bertz CT molecular complexity index is 572. The van der Waals surface area contributed by atoms with Crippen LogP contribution in [-0.2, 0) is 17.8 Å². The van der Waals surface area contributed by atoms with Crippen LogP contribution in [0.25, 0.3) is 0 Å². The highest BCUT2D eigenvalue weighted by Gasteiger charge is 2.38. The molecule has 0 saturated carbocycles. The van der Waals surface area contributed by atoms with E-state index in [1.165, 1.54) is 19.3 Å². The van der Waals surface area contributed by atoms with Gasteiger partial charge in [0.25, 0.3) is 5.91 Å². The third kappa shape index (κ3) is 3.21. The van der Waals surface area contributed by atoms with E-state index < -0.39 is 5.60 Å². The predicted molar refractivity (Wildman–Crippen MR) is 91.7 cm³/mol. The molecule has 6 nitrogen and oxygen atoms in total. The van der Waals surface area contributed by atoms with E-state index in [4.69, 9.17) is 0 Å². The number of piperidine rings is 1. The molecule has 0 spiro atoms. The number of aliphatic hydroxyl groups is 1. The quantitative estimate of drug-likeness (QED) is 0.917. The minimum atomic E-state index is -1.20. The van der Waals surface area contributed by atoms with Crippen LogP contribution in [0.1, 0.15) is 76.4 Å². The van der Waals surface area contributed by atoms with Gasteiger partial charge >= 0.3 is 0 Å². The van der Waals surface area contributed by atoms with Crippen molar-refractivity contribution in [3.05, 3.63) is 11.6 Å². The zero-order valence-electron chi connectivity index (χ0n) is 15.0. The van der Waals surface area contributed by atoms with Gasteiger partial charge in [-0.3, -0.25) is 4.79 Å². The smallest absolute Gasteiger partial charge is 0.254 e. The molecule has 0 radical (unpaired) electrons. The van der Waals surface area contributed by atoms with Crippen molar-refractivity contribution in [1.29, 1.82) is 0 Å². The number of rotatable bonds is 4. The van der Waals surface area contributed by atoms with E-state index in [1.807, 2.05) is 18.7 Å². The molecule has 24 heavy (non-hydrogen) atoms. The Morgan fingerprint density at radius 3 is 2.50 bits per heavy atom. The summed E-state index contributed by atoms with van der Waals surface area (Å²) in [5, 5.41) is 19.3. The van der Waals surface area contributed by atoms with Crippen LogP contribution in [0.5, 0.6) is 0 Å². The molecule has 3 heterocycles. The van der Waals surface area contributed by atoms with Crippen LogP contribution < -0.4 is 0 Å². The van der Waals surface area contributed by atoms with Gasteiger partial charge < -0.3 is 14.6 Å². The van der Waals surface area contributed by atoms with E-state index >= 15 is 0 Å². The topological polar surface area (TPSA) is 71.2 Å². The molecule has 0 aromatic carbocycles. The maximum absolute atomic E-state index is 12.6. The molecular weight excluding hydrogens is 304 g/mol. The molecule has 3 rings (SSSR count). The molecule has 1 aromatic rings. The lowest BCUT2D eigenvalue weighted by atomic mass is 9.91. The molecule has 2 aliphatic rings. The average Bonchev–Trinajstić information content (AvgIpc) is 2.88. The normalized spacial score (nSPS) is 19.9. The van der Waals surface area contributed by atoms with Crippen LogP contribution in [0.2, 0.25) is 0 Å². The Kier molecular flexibility index (Phi) is 5.23. The molecule has 0 aliphatic carbocycles. The molecule has 1 aromatic heterocycles. The molecule has 1 saturated heterocycles. The molecule has 1 fully saturated rings. The van der Waals surface area contributed by atoms with Crippen LogP contribution >= 0.6 is 0 Å². The van der Waals surface area contributed by atoms with E-state index in [0.717, 1.165) is 37.5 Å². The van der Waals surface area contributed by atoms with E-state index in [1.54, 1.807) is 0 Å². The predicted octanol–water partition coefficient (Wildman–Crippen LogP) is 2.26. The summed E-state index contributed by atoms with van der Waals surface area (Å²) in [6.07, 6.45) is 7.47. The largest absolute Gasteiger partial charge is 0.380 e. The number of carbonyl (C=O) groups excluding carboxylic acids is 1. The van der Waals surface area contributed by atoms with Gasteiger partial charge in [-0.1, -0.05) is 20.3 Å². The van der Waals surface area contributed by atoms with Crippen molar-refractivity contribution >= 4 is 5.91 Å². The van der Waals surface area contributed by atoms with Gasteiger partial charge in [-0.05, 0) is 38.5 Å². The van der Waals surface area contributed by atoms with Crippen LogP contribution in [0.3, 0.4) is 0 Å². The van der Waals surface area contributed by atoms with Crippen molar-refractivity contribution in [1.82, 2.24) is 19.7 Å².